The van der Waals surface area contributed by atoms with Gasteiger partial charge in [0, 0.05) is 6.04 Å². The number of para-hydroxylation sites is 1. The Hall–Kier alpha value is -1.84. The van der Waals surface area contributed by atoms with Crippen LogP contribution in [-0.2, 0) is 0 Å². The Morgan fingerprint density at radius 3 is 2.90 bits per heavy atom. The van der Waals surface area contributed by atoms with Crippen LogP contribution in [0.1, 0.15) is 49.5 Å². The second kappa shape index (κ2) is 4.93. The van der Waals surface area contributed by atoms with Crippen molar-refractivity contribution < 1.29 is 9.90 Å². The van der Waals surface area contributed by atoms with Crippen LogP contribution in [0.5, 0.6) is 0 Å². The number of rotatable bonds is 2. The minimum atomic E-state index is -0.881. The van der Waals surface area contributed by atoms with Crippen LogP contribution in [0.2, 0.25) is 0 Å². The fraction of sp³-hybridized carbons (Fsp3) is 0.500. The summed E-state index contributed by atoms with van der Waals surface area (Å²) < 4.78 is 2.10. The molecule has 0 bridgehead atoms. The maximum atomic E-state index is 11.5. The molecule has 1 saturated carbocycles. The zero-order chi connectivity index (χ0) is 14.3. The number of carbonyl (C=O) groups is 1. The molecule has 20 heavy (non-hydrogen) atoms. The molecular formula is C16H20N2O2. The lowest BCUT2D eigenvalue weighted by atomic mass is 9.78. The molecule has 0 spiro atoms. The van der Waals surface area contributed by atoms with Crippen LogP contribution in [0.3, 0.4) is 0 Å². The summed E-state index contributed by atoms with van der Waals surface area (Å²) in [4.78, 5) is 15.8. The molecule has 1 aromatic heterocycles. The molecule has 4 nitrogen and oxygen atoms in total. The van der Waals surface area contributed by atoms with E-state index in [2.05, 4.69) is 23.4 Å². The van der Waals surface area contributed by atoms with E-state index in [9.17, 15) is 9.90 Å². The Morgan fingerprint density at radius 2 is 2.15 bits per heavy atom. The van der Waals surface area contributed by atoms with Gasteiger partial charge in [0.15, 0.2) is 0 Å². The predicted octanol–water partition coefficient (Wildman–Crippen LogP) is 3.73. The van der Waals surface area contributed by atoms with Crippen molar-refractivity contribution in [3.05, 3.63) is 30.1 Å². The zero-order valence-electron chi connectivity index (χ0n) is 11.9. The molecule has 4 heteroatoms. The number of carboxylic acids is 1. The van der Waals surface area contributed by atoms with Crippen LogP contribution in [0, 0.1) is 11.8 Å². The van der Waals surface area contributed by atoms with Gasteiger partial charge < -0.3 is 9.67 Å². The van der Waals surface area contributed by atoms with Gasteiger partial charge in [0.05, 0.1) is 22.9 Å². The predicted molar refractivity (Wildman–Crippen MR) is 77.9 cm³/mol. The van der Waals surface area contributed by atoms with E-state index in [0.29, 0.717) is 23.4 Å². The quantitative estimate of drug-likeness (QED) is 0.906. The van der Waals surface area contributed by atoms with Gasteiger partial charge in [-0.3, -0.25) is 0 Å². The number of carboxylic acid groups (broad SMARTS) is 1. The van der Waals surface area contributed by atoms with Gasteiger partial charge in [-0.2, -0.15) is 0 Å². The number of benzene rings is 1. The second-order valence-corrected chi connectivity index (χ2v) is 5.96. The largest absolute Gasteiger partial charge is 0.478 e. The van der Waals surface area contributed by atoms with Crippen LogP contribution >= 0.6 is 0 Å². The molecule has 2 aromatic rings. The van der Waals surface area contributed by atoms with Gasteiger partial charge in [-0.1, -0.05) is 32.8 Å². The summed E-state index contributed by atoms with van der Waals surface area (Å²) in [6.07, 6.45) is 5.38. The van der Waals surface area contributed by atoms with Gasteiger partial charge in [0.25, 0.3) is 0 Å². The smallest absolute Gasteiger partial charge is 0.337 e. The van der Waals surface area contributed by atoms with E-state index in [1.165, 1.54) is 12.8 Å². The van der Waals surface area contributed by atoms with E-state index in [1.54, 1.807) is 12.1 Å². The first-order valence-electron chi connectivity index (χ1n) is 7.28. The molecule has 1 aromatic carbocycles. The lowest BCUT2D eigenvalue weighted by Gasteiger charge is -2.35. The minimum absolute atomic E-state index is 0.351. The third-order valence-corrected chi connectivity index (χ3v) is 4.85. The molecule has 0 aliphatic heterocycles. The highest BCUT2D eigenvalue weighted by atomic mass is 16.4. The first-order chi connectivity index (χ1) is 9.59. The lowest BCUT2D eigenvalue weighted by molar-refractivity contribution is 0.0698. The molecule has 0 saturated heterocycles. The van der Waals surface area contributed by atoms with Gasteiger partial charge in [0.2, 0.25) is 0 Å². The van der Waals surface area contributed by atoms with E-state index in [-0.39, 0.29) is 0 Å². The van der Waals surface area contributed by atoms with E-state index in [4.69, 9.17) is 0 Å². The molecule has 0 radical (unpaired) electrons. The first-order valence-corrected chi connectivity index (χ1v) is 7.28. The Bertz CT molecular complexity index is 647. The fourth-order valence-corrected chi connectivity index (χ4v) is 3.46. The summed E-state index contributed by atoms with van der Waals surface area (Å²) in [6.45, 7) is 4.55. The third kappa shape index (κ3) is 1.99. The zero-order valence-corrected chi connectivity index (χ0v) is 11.9. The molecule has 0 amide bonds. The highest BCUT2D eigenvalue weighted by Crippen LogP contribution is 2.39. The van der Waals surface area contributed by atoms with E-state index >= 15 is 0 Å². The molecule has 1 aliphatic rings. The van der Waals surface area contributed by atoms with Crippen LogP contribution < -0.4 is 0 Å². The number of nitrogens with zero attached hydrogens (tertiary/aromatic N) is 2. The van der Waals surface area contributed by atoms with E-state index in [0.717, 1.165) is 17.5 Å². The van der Waals surface area contributed by atoms with Gasteiger partial charge in [-0.25, -0.2) is 9.78 Å². The van der Waals surface area contributed by atoms with Gasteiger partial charge in [-0.05, 0) is 30.4 Å². The molecule has 106 valence electrons. The average Bonchev–Trinajstić information content (AvgIpc) is 2.85. The van der Waals surface area contributed by atoms with Crippen molar-refractivity contribution in [2.75, 3.05) is 0 Å². The number of aromatic nitrogens is 2. The highest BCUT2D eigenvalue weighted by Gasteiger charge is 2.30. The van der Waals surface area contributed by atoms with Gasteiger partial charge in [-0.15, -0.1) is 0 Å². The number of hydrogen-bond donors (Lipinski definition) is 1. The van der Waals surface area contributed by atoms with Crippen molar-refractivity contribution in [3.63, 3.8) is 0 Å². The molecular weight excluding hydrogens is 252 g/mol. The van der Waals surface area contributed by atoms with Crippen molar-refractivity contribution in [1.29, 1.82) is 0 Å². The van der Waals surface area contributed by atoms with Gasteiger partial charge >= 0.3 is 5.97 Å². The summed E-state index contributed by atoms with van der Waals surface area (Å²) in [5, 5.41) is 9.40. The van der Waals surface area contributed by atoms with Gasteiger partial charge in [0.1, 0.15) is 0 Å². The van der Waals surface area contributed by atoms with E-state index < -0.39 is 5.97 Å². The van der Waals surface area contributed by atoms with E-state index in [1.807, 2.05) is 12.4 Å². The molecule has 3 atom stereocenters. The van der Waals surface area contributed by atoms with Crippen molar-refractivity contribution in [2.45, 2.75) is 39.2 Å². The number of hydrogen-bond acceptors (Lipinski definition) is 2. The van der Waals surface area contributed by atoms with Crippen molar-refractivity contribution >= 4 is 17.0 Å². The molecule has 1 heterocycles. The maximum absolute atomic E-state index is 11.5. The molecule has 1 fully saturated rings. The highest BCUT2D eigenvalue weighted by molar-refractivity contribution is 6.01. The minimum Gasteiger partial charge on any atom is -0.478 e. The Kier molecular flexibility index (Phi) is 3.24. The normalized spacial score (nSPS) is 26.8. The summed E-state index contributed by atoms with van der Waals surface area (Å²) >= 11 is 0. The number of fused-ring (bicyclic) bond motifs is 1. The van der Waals surface area contributed by atoms with Crippen LogP contribution in [-0.4, -0.2) is 20.6 Å². The molecule has 1 N–H and O–H groups in total. The maximum Gasteiger partial charge on any atom is 0.337 e. The molecule has 3 rings (SSSR count). The Balaban J connectivity index is 2.14. The fourth-order valence-electron chi connectivity index (χ4n) is 3.46. The summed E-state index contributed by atoms with van der Waals surface area (Å²) in [7, 11) is 0. The Morgan fingerprint density at radius 1 is 1.35 bits per heavy atom. The van der Waals surface area contributed by atoms with Crippen molar-refractivity contribution in [3.8, 4) is 0 Å². The standard InChI is InChI=1S/C16H20N2O2/c1-10-5-3-8-14(11(10)2)18-9-17-13-7-4-6-12(15(13)18)16(19)20/h4,6-7,9-11,14H,3,5,8H2,1-2H3,(H,19,20). The first kappa shape index (κ1) is 13.2. The summed E-state index contributed by atoms with van der Waals surface area (Å²) in [6, 6.07) is 5.66. The van der Waals surface area contributed by atoms with Crippen molar-refractivity contribution in [1.82, 2.24) is 9.55 Å². The molecule has 3 unspecified atom stereocenters. The summed E-state index contributed by atoms with van der Waals surface area (Å²) in [5.41, 5.74) is 1.90. The topological polar surface area (TPSA) is 55.1 Å². The van der Waals surface area contributed by atoms with Crippen LogP contribution in [0.15, 0.2) is 24.5 Å². The number of aromatic carboxylic acids is 1. The monoisotopic (exact) mass is 272 g/mol. The van der Waals surface area contributed by atoms with Crippen LogP contribution in [0.4, 0.5) is 0 Å². The lowest BCUT2D eigenvalue weighted by Crippen LogP contribution is -2.27. The summed E-state index contributed by atoms with van der Waals surface area (Å²) in [5.74, 6) is 0.333. The average molecular weight is 272 g/mol. The van der Waals surface area contributed by atoms with Crippen LogP contribution in [0.25, 0.3) is 11.0 Å². The molecule has 1 aliphatic carbocycles. The SMILES string of the molecule is CC1CCCC(n2cnc3cccc(C(=O)O)c32)C1C. The third-order valence-electron chi connectivity index (χ3n) is 4.85. The Labute approximate surface area is 118 Å². The second-order valence-electron chi connectivity index (χ2n) is 5.96. The number of imidazole rings is 1. The van der Waals surface area contributed by atoms with Crippen molar-refractivity contribution in [2.24, 2.45) is 11.8 Å².